The van der Waals surface area contributed by atoms with Crippen LogP contribution in [-0.2, 0) is 9.59 Å². The van der Waals surface area contributed by atoms with Crippen LogP contribution in [0.5, 0.6) is 0 Å². The number of rotatable bonds is 4. The molecule has 1 unspecified atom stereocenters. The smallest absolute Gasteiger partial charge is 0.294 e. The molecule has 25 heavy (non-hydrogen) atoms. The molecule has 0 radical (unpaired) electrons. The number of carbonyl (C=O) groups excluding carboxylic acids is 2. The van der Waals surface area contributed by atoms with Gasteiger partial charge in [-0.25, -0.2) is 0 Å². The van der Waals surface area contributed by atoms with Crippen LogP contribution in [0.25, 0.3) is 0 Å². The summed E-state index contributed by atoms with van der Waals surface area (Å²) in [6, 6.07) is 10.3. The molecule has 0 aliphatic carbocycles. The van der Waals surface area contributed by atoms with Gasteiger partial charge in [-0.15, -0.1) is 0 Å². The Morgan fingerprint density at radius 3 is 2.60 bits per heavy atom. The monoisotopic (exact) mass is 336 g/mol. The number of nitrogens with zero attached hydrogens (tertiary/aromatic N) is 2. The first-order valence-electron chi connectivity index (χ1n) is 8.19. The average molecular weight is 336 g/mol. The van der Waals surface area contributed by atoms with Crippen molar-refractivity contribution in [2.45, 2.75) is 26.8 Å². The Morgan fingerprint density at radius 1 is 1.24 bits per heavy atom. The summed E-state index contributed by atoms with van der Waals surface area (Å²) in [5.74, 6) is -1.62. The van der Waals surface area contributed by atoms with Crippen LogP contribution in [0.1, 0.15) is 31.0 Å². The normalized spacial score (nSPS) is 17.5. The Kier molecular flexibility index (Phi) is 4.40. The number of Topliss-reactive ketones (excluding diaryl/α,β-unsaturated/α-hetero) is 1. The summed E-state index contributed by atoms with van der Waals surface area (Å²) in [6.45, 7) is 5.43. The van der Waals surface area contributed by atoms with Crippen molar-refractivity contribution in [3.8, 4) is 0 Å². The molecule has 0 saturated carbocycles. The van der Waals surface area contributed by atoms with Crippen molar-refractivity contribution in [2.75, 3.05) is 4.90 Å². The van der Waals surface area contributed by atoms with E-state index in [4.69, 9.17) is 0 Å². The Balaban J connectivity index is 2.19. The zero-order valence-corrected chi connectivity index (χ0v) is 14.4. The number of aliphatic hydroxyl groups is 1. The number of ketones is 1. The molecule has 1 amide bonds. The lowest BCUT2D eigenvalue weighted by atomic mass is 9.92. The molecule has 3 rings (SSSR count). The van der Waals surface area contributed by atoms with Crippen molar-refractivity contribution >= 4 is 17.4 Å². The molecule has 1 aliphatic rings. The third-order valence-corrected chi connectivity index (χ3v) is 4.28. The first kappa shape index (κ1) is 16.9. The molecular weight excluding hydrogens is 316 g/mol. The molecule has 2 aromatic rings. The van der Waals surface area contributed by atoms with Crippen LogP contribution >= 0.6 is 0 Å². The van der Waals surface area contributed by atoms with Crippen LogP contribution in [0.3, 0.4) is 0 Å². The zero-order valence-electron chi connectivity index (χ0n) is 14.4. The minimum Gasteiger partial charge on any atom is -0.503 e. The van der Waals surface area contributed by atoms with Gasteiger partial charge in [-0.1, -0.05) is 32.0 Å². The summed E-state index contributed by atoms with van der Waals surface area (Å²) in [4.78, 5) is 31.1. The maximum Gasteiger partial charge on any atom is 0.294 e. The van der Waals surface area contributed by atoms with E-state index in [0.717, 1.165) is 5.56 Å². The Bertz CT molecular complexity index is 856. The number of hydrogen-bond acceptors (Lipinski definition) is 4. The number of amides is 1. The van der Waals surface area contributed by atoms with E-state index >= 15 is 0 Å². The standard InChI is InChI=1S/C20H20N2O3/c1-12(2)18(23)16-17(14-7-5-9-21-11-14)22(20(25)19(16)24)15-8-4-6-13(3)10-15/h4-12,17,24H,1-3H3. The molecule has 1 aliphatic heterocycles. The molecule has 5 heteroatoms. The highest BCUT2D eigenvalue weighted by molar-refractivity contribution is 6.16. The molecule has 2 heterocycles. The van der Waals surface area contributed by atoms with E-state index in [1.807, 2.05) is 25.1 Å². The summed E-state index contributed by atoms with van der Waals surface area (Å²) in [6.07, 6.45) is 3.25. The lowest BCUT2D eigenvalue weighted by molar-refractivity contribution is -0.119. The zero-order chi connectivity index (χ0) is 18.1. The summed E-state index contributed by atoms with van der Waals surface area (Å²) in [7, 11) is 0. The number of hydrogen-bond donors (Lipinski definition) is 1. The van der Waals surface area contributed by atoms with Gasteiger partial charge < -0.3 is 5.11 Å². The third-order valence-electron chi connectivity index (χ3n) is 4.28. The fourth-order valence-electron chi connectivity index (χ4n) is 3.07. The molecular formula is C20H20N2O3. The SMILES string of the molecule is Cc1cccc(N2C(=O)C(O)=C(C(=O)C(C)C)C2c2cccnc2)c1. The molecule has 128 valence electrons. The maximum absolute atomic E-state index is 12.8. The van der Waals surface area contributed by atoms with Crippen LogP contribution in [0, 0.1) is 12.8 Å². The van der Waals surface area contributed by atoms with Gasteiger partial charge in [-0.2, -0.15) is 0 Å². The van der Waals surface area contributed by atoms with Crippen LogP contribution in [0.2, 0.25) is 0 Å². The van der Waals surface area contributed by atoms with Gasteiger partial charge in [0.2, 0.25) is 0 Å². The van der Waals surface area contributed by atoms with Gasteiger partial charge in [0, 0.05) is 24.0 Å². The van der Waals surface area contributed by atoms with Crippen molar-refractivity contribution in [3.05, 3.63) is 71.3 Å². The van der Waals surface area contributed by atoms with Crippen LogP contribution < -0.4 is 4.90 Å². The van der Waals surface area contributed by atoms with Crippen LogP contribution in [0.4, 0.5) is 5.69 Å². The molecule has 0 spiro atoms. The number of carbonyl (C=O) groups is 2. The number of aliphatic hydroxyl groups excluding tert-OH is 1. The van der Waals surface area contributed by atoms with E-state index in [1.54, 1.807) is 44.4 Å². The lowest BCUT2D eigenvalue weighted by Crippen LogP contribution is -2.31. The second-order valence-electron chi connectivity index (χ2n) is 6.48. The van der Waals surface area contributed by atoms with E-state index in [0.29, 0.717) is 11.3 Å². The van der Waals surface area contributed by atoms with Gasteiger partial charge in [0.25, 0.3) is 5.91 Å². The lowest BCUT2D eigenvalue weighted by Gasteiger charge is -2.27. The minimum absolute atomic E-state index is 0.134. The second-order valence-corrected chi connectivity index (χ2v) is 6.48. The fourth-order valence-corrected chi connectivity index (χ4v) is 3.07. The van der Waals surface area contributed by atoms with Crippen molar-refractivity contribution in [3.63, 3.8) is 0 Å². The van der Waals surface area contributed by atoms with Crippen molar-refractivity contribution in [1.29, 1.82) is 0 Å². The van der Waals surface area contributed by atoms with E-state index in [2.05, 4.69) is 4.98 Å². The van der Waals surface area contributed by atoms with E-state index in [9.17, 15) is 14.7 Å². The van der Waals surface area contributed by atoms with E-state index in [-0.39, 0.29) is 17.3 Å². The largest absolute Gasteiger partial charge is 0.503 e. The van der Waals surface area contributed by atoms with Gasteiger partial charge in [-0.05, 0) is 36.2 Å². The topological polar surface area (TPSA) is 70.5 Å². The van der Waals surface area contributed by atoms with Crippen molar-refractivity contribution in [1.82, 2.24) is 4.98 Å². The Hall–Kier alpha value is -2.95. The number of aromatic nitrogens is 1. The Morgan fingerprint density at radius 2 is 2.00 bits per heavy atom. The summed E-state index contributed by atoms with van der Waals surface area (Å²) < 4.78 is 0. The van der Waals surface area contributed by atoms with Gasteiger partial charge in [0.1, 0.15) is 0 Å². The predicted octanol–water partition coefficient (Wildman–Crippen LogP) is 3.52. The van der Waals surface area contributed by atoms with Crippen molar-refractivity contribution < 1.29 is 14.7 Å². The highest BCUT2D eigenvalue weighted by Gasteiger charge is 2.44. The fraction of sp³-hybridized carbons (Fsp3) is 0.250. The average Bonchev–Trinajstić information content (AvgIpc) is 2.86. The number of anilines is 1. The van der Waals surface area contributed by atoms with Gasteiger partial charge in [0.05, 0.1) is 11.6 Å². The summed E-state index contributed by atoms with van der Waals surface area (Å²) in [5.41, 5.74) is 2.44. The Labute approximate surface area is 146 Å². The maximum atomic E-state index is 12.8. The molecule has 1 aromatic heterocycles. The quantitative estimate of drug-likeness (QED) is 0.927. The van der Waals surface area contributed by atoms with E-state index in [1.165, 1.54) is 4.90 Å². The summed E-state index contributed by atoms with van der Waals surface area (Å²) in [5, 5.41) is 10.5. The second kappa shape index (κ2) is 6.51. The molecule has 0 fully saturated rings. The highest BCUT2D eigenvalue weighted by Crippen LogP contribution is 2.41. The van der Waals surface area contributed by atoms with Crippen molar-refractivity contribution in [2.24, 2.45) is 5.92 Å². The van der Waals surface area contributed by atoms with Gasteiger partial charge in [-0.3, -0.25) is 19.5 Å². The van der Waals surface area contributed by atoms with Crippen LogP contribution in [-0.4, -0.2) is 21.8 Å². The number of benzene rings is 1. The summed E-state index contributed by atoms with van der Waals surface area (Å²) >= 11 is 0. The van der Waals surface area contributed by atoms with Gasteiger partial charge in [0.15, 0.2) is 11.5 Å². The highest BCUT2D eigenvalue weighted by atomic mass is 16.3. The molecule has 1 aromatic carbocycles. The first-order valence-corrected chi connectivity index (χ1v) is 8.19. The van der Waals surface area contributed by atoms with Crippen LogP contribution in [0.15, 0.2) is 60.1 Å². The molecule has 1 N–H and O–H groups in total. The predicted molar refractivity (Wildman–Crippen MR) is 95.1 cm³/mol. The molecule has 1 atom stereocenters. The number of aryl methyl sites for hydroxylation is 1. The minimum atomic E-state index is -0.683. The molecule has 0 saturated heterocycles. The number of pyridine rings is 1. The molecule has 0 bridgehead atoms. The molecule has 5 nitrogen and oxygen atoms in total. The first-order chi connectivity index (χ1) is 11.9. The van der Waals surface area contributed by atoms with Gasteiger partial charge >= 0.3 is 0 Å². The third kappa shape index (κ3) is 2.93. The van der Waals surface area contributed by atoms with E-state index < -0.39 is 17.7 Å².